The molecule has 0 aliphatic carbocycles. The van der Waals surface area contributed by atoms with Crippen molar-refractivity contribution in [3.8, 4) is 0 Å². The van der Waals surface area contributed by atoms with Crippen LogP contribution in [-0.4, -0.2) is 64.1 Å². The average Bonchev–Trinajstić information content (AvgIpc) is 3.41. The van der Waals surface area contributed by atoms with E-state index in [4.69, 9.17) is 5.11 Å². The summed E-state index contributed by atoms with van der Waals surface area (Å²) in [5.41, 5.74) is 5.49. The highest BCUT2D eigenvalue weighted by Gasteiger charge is 2.37. The minimum absolute atomic E-state index is 0.0891. The number of benzene rings is 3. The Morgan fingerprint density at radius 1 is 0.929 bits per heavy atom. The van der Waals surface area contributed by atoms with Gasteiger partial charge in [0, 0.05) is 40.8 Å². The van der Waals surface area contributed by atoms with Crippen molar-refractivity contribution in [2.45, 2.75) is 17.7 Å². The Balaban J connectivity index is 1.44. The number of hydrogen-bond donors (Lipinski definition) is 3. The SMILES string of the molecule is O=C(O)CSc1ccc(NC(=O)NN2C=C(c3ccccc3)c3ccccc3N(CC(=O)[N+]3([O-])CCCC3)C2=O)cc1. The zero-order valence-electron chi connectivity index (χ0n) is 22.6. The van der Waals surface area contributed by atoms with Gasteiger partial charge in [0.05, 0.1) is 24.5 Å². The first kappa shape index (κ1) is 28.9. The topological polar surface area (TPSA) is 142 Å². The van der Waals surface area contributed by atoms with Gasteiger partial charge in [0.1, 0.15) is 6.54 Å². The fourth-order valence-electron chi connectivity index (χ4n) is 4.91. The van der Waals surface area contributed by atoms with E-state index in [0.29, 0.717) is 35.4 Å². The van der Waals surface area contributed by atoms with Crippen molar-refractivity contribution in [3.63, 3.8) is 0 Å². The second-order valence-electron chi connectivity index (χ2n) is 9.87. The molecule has 12 heteroatoms. The van der Waals surface area contributed by atoms with Crippen LogP contribution >= 0.6 is 11.8 Å². The molecule has 2 aliphatic rings. The number of nitrogens with one attached hydrogen (secondary N) is 2. The van der Waals surface area contributed by atoms with Crippen LogP contribution in [0.5, 0.6) is 0 Å². The number of rotatable bonds is 8. The van der Waals surface area contributed by atoms with Crippen molar-refractivity contribution in [2.24, 2.45) is 0 Å². The Labute approximate surface area is 246 Å². The molecule has 0 bridgehead atoms. The summed E-state index contributed by atoms with van der Waals surface area (Å²) in [7, 11) is 0. The van der Waals surface area contributed by atoms with Gasteiger partial charge in [0.25, 0.3) is 0 Å². The Kier molecular flexibility index (Phi) is 8.57. The van der Waals surface area contributed by atoms with Crippen LogP contribution < -0.4 is 15.6 Å². The number of hydrogen-bond acceptors (Lipinski definition) is 6. The van der Waals surface area contributed by atoms with Gasteiger partial charge >= 0.3 is 23.9 Å². The monoisotopic (exact) mass is 587 g/mol. The van der Waals surface area contributed by atoms with Crippen LogP contribution in [0, 0.1) is 5.21 Å². The number of carboxylic acids is 1. The first-order valence-electron chi connectivity index (χ1n) is 13.3. The predicted molar refractivity (Wildman–Crippen MR) is 159 cm³/mol. The number of likely N-dealkylation sites (tertiary alicyclic amines) is 1. The van der Waals surface area contributed by atoms with Crippen LogP contribution in [0.15, 0.2) is 90.0 Å². The highest BCUT2D eigenvalue weighted by molar-refractivity contribution is 8.00. The molecule has 5 rings (SSSR count). The predicted octanol–water partition coefficient (Wildman–Crippen LogP) is 4.87. The molecular weight excluding hydrogens is 558 g/mol. The van der Waals surface area contributed by atoms with Crippen molar-refractivity contribution in [3.05, 3.63) is 101 Å². The zero-order chi connectivity index (χ0) is 29.7. The highest BCUT2D eigenvalue weighted by Crippen LogP contribution is 2.35. The summed E-state index contributed by atoms with van der Waals surface area (Å²) in [5, 5.41) is 25.7. The number of amides is 5. The van der Waals surface area contributed by atoms with Gasteiger partial charge in [-0.3, -0.25) is 14.3 Å². The third kappa shape index (κ3) is 6.46. The zero-order valence-corrected chi connectivity index (χ0v) is 23.4. The molecule has 3 N–H and O–H groups in total. The molecule has 5 amide bonds. The lowest BCUT2D eigenvalue weighted by Crippen LogP contribution is -2.55. The first-order chi connectivity index (χ1) is 20.2. The number of fused-ring (bicyclic) bond motifs is 1. The van der Waals surface area contributed by atoms with Crippen LogP contribution in [0.1, 0.15) is 24.0 Å². The number of thioether (sulfide) groups is 1. The number of anilines is 2. The Bertz CT molecular complexity index is 1520. The second-order valence-corrected chi connectivity index (χ2v) is 10.9. The van der Waals surface area contributed by atoms with Crippen LogP contribution in [0.2, 0.25) is 0 Å². The molecular formula is C30H29N5O6S. The van der Waals surface area contributed by atoms with E-state index in [-0.39, 0.29) is 18.8 Å². The average molecular weight is 588 g/mol. The van der Waals surface area contributed by atoms with Crippen molar-refractivity contribution in [1.82, 2.24) is 10.4 Å². The maximum Gasteiger partial charge on any atom is 0.348 e. The van der Waals surface area contributed by atoms with Crippen molar-refractivity contribution in [1.29, 1.82) is 0 Å². The van der Waals surface area contributed by atoms with E-state index in [0.717, 1.165) is 27.2 Å². The molecule has 0 radical (unpaired) electrons. The highest BCUT2D eigenvalue weighted by atomic mass is 32.2. The minimum Gasteiger partial charge on any atom is -0.625 e. The number of quaternary nitrogens is 1. The Morgan fingerprint density at radius 2 is 1.60 bits per heavy atom. The molecule has 11 nitrogen and oxygen atoms in total. The number of carboxylic acid groups (broad SMARTS) is 1. The summed E-state index contributed by atoms with van der Waals surface area (Å²) in [6.07, 6.45) is 2.79. The smallest absolute Gasteiger partial charge is 0.348 e. The summed E-state index contributed by atoms with van der Waals surface area (Å²) < 4.78 is -0.987. The fourth-order valence-corrected chi connectivity index (χ4v) is 5.53. The standard InChI is InChI=1S/C30H29N5O6S/c36-27(35(41)16-6-7-17-35)19-33-26-11-5-4-10-24(26)25(21-8-2-1-3-9-21)18-34(30(33)40)32-29(39)31-22-12-14-23(15-13-22)42-20-28(37)38/h1-5,8-15,18H,6-7,16-17,19-20H2,(H,37,38)(H2,31,32,39). The van der Waals surface area contributed by atoms with Crippen LogP contribution in [-0.2, 0) is 9.59 Å². The molecule has 1 saturated heterocycles. The van der Waals surface area contributed by atoms with Crippen LogP contribution in [0.4, 0.5) is 21.0 Å². The van der Waals surface area contributed by atoms with E-state index in [1.807, 2.05) is 42.5 Å². The van der Waals surface area contributed by atoms with E-state index in [1.54, 1.807) is 36.4 Å². The maximum atomic E-state index is 14.0. The summed E-state index contributed by atoms with van der Waals surface area (Å²) >= 11 is 1.15. The molecule has 3 aromatic rings. The lowest BCUT2D eigenvalue weighted by Gasteiger charge is -2.37. The van der Waals surface area contributed by atoms with Crippen molar-refractivity contribution >= 4 is 52.6 Å². The van der Waals surface area contributed by atoms with Gasteiger partial charge in [-0.25, -0.2) is 24.8 Å². The molecule has 0 unspecified atom stereocenters. The number of aliphatic carboxylic acids is 1. The largest absolute Gasteiger partial charge is 0.625 e. The van der Waals surface area contributed by atoms with Gasteiger partial charge in [-0.15, -0.1) is 11.8 Å². The molecule has 0 saturated carbocycles. The van der Waals surface area contributed by atoms with Crippen LogP contribution in [0.25, 0.3) is 5.57 Å². The third-order valence-electron chi connectivity index (χ3n) is 7.00. The lowest BCUT2D eigenvalue weighted by molar-refractivity contribution is -0.789. The Morgan fingerprint density at radius 3 is 2.29 bits per heavy atom. The maximum absolute atomic E-state index is 14.0. The number of hydrazine groups is 1. The van der Waals surface area contributed by atoms with E-state index in [1.165, 1.54) is 11.1 Å². The van der Waals surface area contributed by atoms with Gasteiger partial charge in [-0.05, 0) is 35.9 Å². The summed E-state index contributed by atoms with van der Waals surface area (Å²) in [6, 6.07) is 21.6. The van der Waals surface area contributed by atoms with Gasteiger partial charge in [-0.2, -0.15) is 0 Å². The van der Waals surface area contributed by atoms with E-state index < -0.39 is 35.1 Å². The molecule has 0 atom stereocenters. The molecule has 0 aromatic heterocycles. The fraction of sp³-hybridized carbons (Fsp3) is 0.200. The van der Waals surface area contributed by atoms with Gasteiger partial charge in [0.2, 0.25) is 0 Å². The summed E-state index contributed by atoms with van der Waals surface area (Å²) in [5.74, 6) is -1.64. The Hall–Kier alpha value is -4.65. The van der Waals surface area contributed by atoms with Crippen LogP contribution in [0.3, 0.4) is 0 Å². The number of urea groups is 2. The van der Waals surface area contributed by atoms with E-state index in [2.05, 4.69) is 10.7 Å². The molecule has 2 heterocycles. The number of carbonyl (C=O) groups is 4. The quantitative estimate of drug-likeness (QED) is 0.194. The van der Waals surface area contributed by atoms with Crippen molar-refractivity contribution in [2.75, 3.05) is 35.6 Å². The molecule has 0 spiro atoms. The second kappa shape index (κ2) is 12.5. The van der Waals surface area contributed by atoms with E-state index >= 15 is 0 Å². The molecule has 42 heavy (non-hydrogen) atoms. The third-order valence-corrected chi connectivity index (χ3v) is 7.99. The van der Waals surface area contributed by atoms with Crippen molar-refractivity contribution < 1.29 is 28.9 Å². The number of para-hydroxylation sites is 1. The van der Waals surface area contributed by atoms with E-state index in [9.17, 15) is 24.4 Å². The summed E-state index contributed by atoms with van der Waals surface area (Å²) in [4.78, 5) is 53.0. The van der Waals surface area contributed by atoms with Gasteiger partial charge < -0.3 is 15.6 Å². The first-order valence-corrected chi connectivity index (χ1v) is 14.3. The lowest BCUT2D eigenvalue weighted by atomic mass is 9.97. The number of nitrogens with zero attached hydrogens (tertiary/aromatic N) is 3. The molecule has 3 aromatic carbocycles. The number of carbonyl (C=O) groups excluding carboxylic acids is 3. The van der Waals surface area contributed by atoms with Gasteiger partial charge in [-0.1, -0.05) is 48.5 Å². The van der Waals surface area contributed by atoms with Gasteiger partial charge in [0.15, 0.2) is 0 Å². The molecule has 216 valence electrons. The molecule has 1 fully saturated rings. The normalized spacial score (nSPS) is 15.8. The minimum atomic E-state index is -0.987. The summed E-state index contributed by atoms with van der Waals surface area (Å²) in [6.45, 7) is -0.105. The number of hydroxylamine groups is 3. The molecule has 2 aliphatic heterocycles.